The number of halogens is 2. The molecule has 0 saturated carbocycles. The molecule has 0 N–H and O–H groups in total. The average Bonchev–Trinajstić information content (AvgIpc) is 2.89. The second kappa shape index (κ2) is 4.78. The van der Waals surface area contributed by atoms with E-state index in [1.54, 1.807) is 36.8 Å². The Kier molecular flexibility index (Phi) is 2.97. The van der Waals surface area contributed by atoms with Gasteiger partial charge in [-0.15, -0.1) is 5.10 Å². The minimum Gasteiger partial charge on any atom is -0.298 e. The van der Waals surface area contributed by atoms with Gasteiger partial charge in [0.05, 0.1) is 11.9 Å². The smallest absolute Gasteiger partial charge is 0.153 e. The van der Waals surface area contributed by atoms with E-state index in [1.807, 2.05) is 4.57 Å². The lowest BCUT2D eigenvalue weighted by molar-refractivity contribution is 0.628. The molecule has 4 nitrogen and oxygen atoms in total. The number of aromatic nitrogens is 4. The van der Waals surface area contributed by atoms with Gasteiger partial charge in [-0.2, -0.15) is 5.10 Å². The second-order valence-electron chi connectivity index (χ2n) is 3.86. The minimum absolute atomic E-state index is 0.282. The van der Waals surface area contributed by atoms with Gasteiger partial charge in [0.15, 0.2) is 5.15 Å². The van der Waals surface area contributed by atoms with Crippen molar-refractivity contribution >= 4 is 11.6 Å². The van der Waals surface area contributed by atoms with Crippen LogP contribution in [0.1, 0.15) is 0 Å². The molecule has 0 amide bonds. The lowest BCUT2D eigenvalue weighted by atomic mass is 10.2. The molecule has 0 radical (unpaired) electrons. The standard InChI is InChI=1S/C13H8ClFN4/c14-12-7-11(8-17-18-12)19-6-5-16-13(19)9-1-3-10(15)4-2-9/h1-8H. The summed E-state index contributed by atoms with van der Waals surface area (Å²) in [5.41, 5.74) is 1.55. The van der Waals surface area contributed by atoms with Gasteiger partial charge in [0.2, 0.25) is 0 Å². The summed E-state index contributed by atoms with van der Waals surface area (Å²) in [5.74, 6) is 0.402. The molecular weight excluding hydrogens is 267 g/mol. The fourth-order valence-electron chi connectivity index (χ4n) is 1.79. The molecule has 0 unspecified atom stereocenters. The van der Waals surface area contributed by atoms with Gasteiger partial charge >= 0.3 is 0 Å². The van der Waals surface area contributed by atoms with Gasteiger partial charge in [0, 0.05) is 24.0 Å². The first kappa shape index (κ1) is 11.8. The predicted molar refractivity (Wildman–Crippen MR) is 69.6 cm³/mol. The molecule has 0 fully saturated rings. The van der Waals surface area contributed by atoms with Crippen LogP contribution in [0.25, 0.3) is 17.1 Å². The highest BCUT2D eigenvalue weighted by atomic mass is 35.5. The maximum absolute atomic E-state index is 12.9. The van der Waals surface area contributed by atoms with Crippen LogP contribution in [0.5, 0.6) is 0 Å². The Hall–Kier alpha value is -2.27. The molecule has 0 aliphatic rings. The molecule has 1 aromatic carbocycles. The number of nitrogens with zero attached hydrogens (tertiary/aromatic N) is 4. The Morgan fingerprint density at radius 1 is 1.16 bits per heavy atom. The van der Waals surface area contributed by atoms with E-state index in [9.17, 15) is 4.39 Å². The van der Waals surface area contributed by atoms with E-state index in [4.69, 9.17) is 11.6 Å². The summed E-state index contributed by atoms with van der Waals surface area (Å²) in [5, 5.41) is 7.80. The van der Waals surface area contributed by atoms with Crippen molar-refractivity contribution in [2.24, 2.45) is 0 Å². The highest BCUT2D eigenvalue weighted by Gasteiger charge is 2.08. The lowest BCUT2D eigenvalue weighted by Gasteiger charge is -2.07. The van der Waals surface area contributed by atoms with Crippen molar-refractivity contribution in [3.63, 3.8) is 0 Å². The van der Waals surface area contributed by atoms with Crippen LogP contribution in [0.15, 0.2) is 48.9 Å². The zero-order valence-corrected chi connectivity index (χ0v) is 10.4. The van der Waals surface area contributed by atoms with Crippen LogP contribution in [-0.4, -0.2) is 19.7 Å². The minimum atomic E-state index is -0.282. The zero-order chi connectivity index (χ0) is 13.2. The molecule has 0 aliphatic heterocycles. The SMILES string of the molecule is Fc1ccc(-c2nccn2-c2cnnc(Cl)c2)cc1. The Bertz CT molecular complexity index is 709. The summed E-state index contributed by atoms with van der Waals surface area (Å²) in [4.78, 5) is 4.27. The van der Waals surface area contributed by atoms with Crippen molar-refractivity contribution in [3.05, 3.63) is 59.9 Å². The molecule has 0 bridgehead atoms. The number of benzene rings is 1. The number of imidazole rings is 1. The van der Waals surface area contributed by atoms with Gasteiger partial charge in [-0.05, 0) is 24.3 Å². The largest absolute Gasteiger partial charge is 0.298 e. The van der Waals surface area contributed by atoms with E-state index in [1.165, 1.54) is 12.1 Å². The summed E-state index contributed by atoms with van der Waals surface area (Å²) in [7, 11) is 0. The Balaban J connectivity index is 2.10. The average molecular weight is 275 g/mol. The summed E-state index contributed by atoms with van der Waals surface area (Å²) in [6, 6.07) is 7.82. The van der Waals surface area contributed by atoms with Crippen LogP contribution in [0.3, 0.4) is 0 Å². The maximum Gasteiger partial charge on any atom is 0.153 e. The van der Waals surface area contributed by atoms with Crippen LogP contribution in [-0.2, 0) is 0 Å². The number of hydrogen-bond acceptors (Lipinski definition) is 3. The van der Waals surface area contributed by atoms with Crippen molar-refractivity contribution in [1.82, 2.24) is 19.7 Å². The van der Waals surface area contributed by atoms with Gasteiger partial charge < -0.3 is 0 Å². The molecule has 19 heavy (non-hydrogen) atoms. The van der Waals surface area contributed by atoms with E-state index in [-0.39, 0.29) is 5.82 Å². The van der Waals surface area contributed by atoms with E-state index in [0.29, 0.717) is 11.0 Å². The zero-order valence-electron chi connectivity index (χ0n) is 9.66. The Labute approximate surface area is 113 Å². The Morgan fingerprint density at radius 2 is 1.95 bits per heavy atom. The van der Waals surface area contributed by atoms with Gasteiger partial charge in [-0.1, -0.05) is 11.6 Å². The van der Waals surface area contributed by atoms with Gasteiger partial charge in [0.25, 0.3) is 0 Å². The quantitative estimate of drug-likeness (QED) is 0.721. The molecular formula is C13H8ClFN4. The van der Waals surface area contributed by atoms with Crippen molar-refractivity contribution < 1.29 is 4.39 Å². The van der Waals surface area contributed by atoms with Crippen LogP contribution in [0.4, 0.5) is 4.39 Å². The van der Waals surface area contributed by atoms with Gasteiger partial charge in [-0.25, -0.2) is 9.37 Å². The lowest BCUT2D eigenvalue weighted by Crippen LogP contribution is -1.98. The van der Waals surface area contributed by atoms with E-state index in [0.717, 1.165) is 11.3 Å². The van der Waals surface area contributed by atoms with E-state index < -0.39 is 0 Å². The van der Waals surface area contributed by atoms with Gasteiger partial charge in [-0.3, -0.25) is 4.57 Å². The molecule has 0 atom stereocenters. The third-order valence-electron chi connectivity index (χ3n) is 2.63. The molecule has 2 aromatic heterocycles. The molecule has 6 heteroatoms. The third kappa shape index (κ3) is 2.32. The molecule has 2 heterocycles. The van der Waals surface area contributed by atoms with E-state index in [2.05, 4.69) is 15.2 Å². The number of rotatable bonds is 2. The first-order chi connectivity index (χ1) is 9.24. The van der Waals surface area contributed by atoms with E-state index >= 15 is 0 Å². The number of hydrogen-bond donors (Lipinski definition) is 0. The molecule has 3 rings (SSSR count). The van der Waals surface area contributed by atoms with Crippen LogP contribution in [0.2, 0.25) is 5.15 Å². The molecule has 94 valence electrons. The second-order valence-corrected chi connectivity index (χ2v) is 4.25. The summed E-state index contributed by atoms with van der Waals surface area (Å²) < 4.78 is 14.8. The monoisotopic (exact) mass is 274 g/mol. The highest BCUT2D eigenvalue weighted by molar-refractivity contribution is 6.29. The fraction of sp³-hybridized carbons (Fsp3) is 0. The first-order valence-corrected chi connectivity index (χ1v) is 5.90. The normalized spacial score (nSPS) is 10.6. The highest BCUT2D eigenvalue weighted by Crippen LogP contribution is 2.22. The Morgan fingerprint density at radius 3 is 2.68 bits per heavy atom. The van der Waals surface area contributed by atoms with Crippen molar-refractivity contribution in [2.75, 3.05) is 0 Å². The first-order valence-electron chi connectivity index (χ1n) is 5.52. The molecule has 3 aromatic rings. The maximum atomic E-state index is 12.9. The molecule has 0 aliphatic carbocycles. The van der Waals surface area contributed by atoms with Crippen LogP contribution < -0.4 is 0 Å². The molecule has 0 spiro atoms. The predicted octanol–water partition coefficient (Wildman–Crippen LogP) is 3.12. The fourth-order valence-corrected chi connectivity index (χ4v) is 1.94. The third-order valence-corrected chi connectivity index (χ3v) is 2.82. The summed E-state index contributed by atoms with van der Waals surface area (Å²) in [6.07, 6.45) is 5.03. The molecule has 0 saturated heterocycles. The topological polar surface area (TPSA) is 43.6 Å². The van der Waals surface area contributed by atoms with Crippen molar-refractivity contribution in [3.8, 4) is 17.1 Å². The van der Waals surface area contributed by atoms with Gasteiger partial charge in [0.1, 0.15) is 11.6 Å². The van der Waals surface area contributed by atoms with Crippen molar-refractivity contribution in [1.29, 1.82) is 0 Å². The van der Waals surface area contributed by atoms with Crippen LogP contribution in [0, 0.1) is 5.82 Å². The van der Waals surface area contributed by atoms with Crippen molar-refractivity contribution in [2.45, 2.75) is 0 Å². The summed E-state index contributed by atoms with van der Waals surface area (Å²) >= 11 is 5.82. The summed E-state index contributed by atoms with van der Waals surface area (Å²) in [6.45, 7) is 0. The van der Waals surface area contributed by atoms with Crippen LogP contribution >= 0.6 is 11.6 Å².